The molecule has 0 saturated carbocycles. The van der Waals surface area contributed by atoms with Crippen molar-refractivity contribution in [3.05, 3.63) is 82.7 Å². The number of benzene rings is 2. The van der Waals surface area contributed by atoms with Crippen molar-refractivity contribution >= 4 is 27.3 Å². The lowest BCUT2D eigenvalue weighted by Crippen LogP contribution is -2.34. The van der Waals surface area contributed by atoms with Crippen LogP contribution in [0.3, 0.4) is 0 Å². The zero-order valence-electron chi connectivity index (χ0n) is 19.9. The number of nitrogens with one attached hydrogen (secondary N) is 1. The lowest BCUT2D eigenvalue weighted by atomic mass is 10.1. The molecule has 196 valence electrons. The number of hydrogen-bond donors (Lipinski definition) is 1. The summed E-state index contributed by atoms with van der Waals surface area (Å²) in [4.78, 5) is 16.2. The Kier molecular flexibility index (Phi) is 8.89. The quantitative estimate of drug-likeness (QED) is 0.407. The fraction of sp³-hybridized carbons (Fsp3) is 0.200. The van der Waals surface area contributed by atoms with Gasteiger partial charge in [0.25, 0.3) is 5.91 Å². The molecule has 1 heterocycles. The first-order chi connectivity index (χ1) is 18.2. The van der Waals surface area contributed by atoms with E-state index in [-0.39, 0.29) is 18.5 Å². The molecule has 0 unspecified atom stereocenters. The van der Waals surface area contributed by atoms with Crippen LogP contribution in [0.2, 0.25) is 0 Å². The Labute approximate surface area is 216 Å². The predicted octanol–water partition coefficient (Wildman–Crippen LogP) is 4.06. The van der Waals surface area contributed by atoms with E-state index in [1.807, 2.05) is 0 Å². The molecule has 0 atom stereocenters. The minimum absolute atomic E-state index is 0.342. The number of aromatic nitrogens is 1. The highest BCUT2D eigenvalue weighted by atomic mass is 32.2. The van der Waals surface area contributed by atoms with Gasteiger partial charge in [0.1, 0.15) is 17.9 Å². The molecule has 1 N–H and O–H groups in total. The van der Waals surface area contributed by atoms with Crippen LogP contribution in [0.25, 0.3) is 0 Å². The molecule has 0 saturated heterocycles. The van der Waals surface area contributed by atoms with Gasteiger partial charge in [0.05, 0.1) is 48.6 Å². The maximum Gasteiger partial charge on any atom is 0.258 e. The summed E-state index contributed by atoms with van der Waals surface area (Å²) in [5.41, 5.74) is -2.48. The van der Waals surface area contributed by atoms with Gasteiger partial charge in [-0.1, -0.05) is 12.1 Å². The molecule has 1 amide bonds. The molecule has 0 aliphatic heterocycles. The third-order valence-corrected chi connectivity index (χ3v) is 7.15. The third kappa shape index (κ3) is 6.02. The van der Waals surface area contributed by atoms with Gasteiger partial charge in [0.2, 0.25) is 10.0 Å². The Bertz CT molecular complexity index is 1530. The fourth-order valence-electron chi connectivity index (χ4n) is 3.43. The Hall–Kier alpha value is -4.62. The highest BCUT2D eigenvalue weighted by molar-refractivity contribution is 7.92. The molecule has 0 bridgehead atoms. The molecule has 0 spiro atoms. The van der Waals surface area contributed by atoms with E-state index >= 15 is 4.39 Å². The van der Waals surface area contributed by atoms with Gasteiger partial charge in [-0.15, -0.1) is 0 Å². The van der Waals surface area contributed by atoms with Crippen molar-refractivity contribution in [1.29, 1.82) is 10.5 Å². The number of carbonyl (C=O) groups excluding carboxylic acids is 1. The Morgan fingerprint density at radius 2 is 1.79 bits per heavy atom. The number of sulfonamides is 1. The van der Waals surface area contributed by atoms with Crippen LogP contribution < -0.4 is 14.4 Å². The van der Waals surface area contributed by atoms with E-state index in [0.29, 0.717) is 15.6 Å². The maximum absolute atomic E-state index is 15.8. The summed E-state index contributed by atoms with van der Waals surface area (Å²) in [5, 5.41) is 20.5. The van der Waals surface area contributed by atoms with Crippen molar-refractivity contribution in [2.45, 2.75) is 13.0 Å². The number of carbonyl (C=O) groups is 1. The minimum Gasteiger partial charge on any atom is -0.497 e. The second-order valence-electron chi connectivity index (χ2n) is 7.73. The van der Waals surface area contributed by atoms with E-state index in [1.165, 1.54) is 13.2 Å². The SMILES string of the molecule is COc1ccc(CN(c2ccc(C#N)c(NC(=O)c3ccnc(C#N)c3F)c2F)S(=O)(=O)CCCF)cc1. The van der Waals surface area contributed by atoms with Crippen LogP contribution in [0.4, 0.5) is 24.5 Å². The predicted molar refractivity (Wildman–Crippen MR) is 132 cm³/mol. The van der Waals surface area contributed by atoms with Gasteiger partial charge < -0.3 is 10.1 Å². The fourth-order valence-corrected chi connectivity index (χ4v) is 4.91. The van der Waals surface area contributed by atoms with Gasteiger partial charge in [-0.3, -0.25) is 13.5 Å². The summed E-state index contributed by atoms with van der Waals surface area (Å²) in [6.07, 6.45) is 0.661. The van der Waals surface area contributed by atoms with E-state index in [1.54, 1.807) is 30.3 Å². The Morgan fingerprint density at radius 1 is 1.08 bits per heavy atom. The molecule has 3 rings (SSSR count). The summed E-state index contributed by atoms with van der Waals surface area (Å²) < 4.78 is 75.2. The van der Waals surface area contributed by atoms with Crippen molar-refractivity contribution in [2.24, 2.45) is 0 Å². The van der Waals surface area contributed by atoms with E-state index < -0.39 is 62.6 Å². The number of anilines is 2. The third-order valence-electron chi connectivity index (χ3n) is 5.35. The smallest absolute Gasteiger partial charge is 0.258 e. The average Bonchev–Trinajstić information content (AvgIpc) is 2.92. The second kappa shape index (κ2) is 12.1. The zero-order chi connectivity index (χ0) is 27.9. The van der Waals surface area contributed by atoms with Crippen LogP contribution >= 0.6 is 0 Å². The van der Waals surface area contributed by atoms with Gasteiger partial charge in [-0.25, -0.2) is 22.2 Å². The van der Waals surface area contributed by atoms with Gasteiger partial charge in [-0.05, 0) is 42.3 Å². The van der Waals surface area contributed by atoms with E-state index in [4.69, 9.17) is 10.00 Å². The molecule has 9 nitrogen and oxygen atoms in total. The number of methoxy groups -OCH3 is 1. The van der Waals surface area contributed by atoms with Crippen LogP contribution in [0, 0.1) is 34.3 Å². The van der Waals surface area contributed by atoms with E-state index in [2.05, 4.69) is 10.3 Å². The topological polar surface area (TPSA) is 136 Å². The molecular formula is C25H20F3N5O4S. The minimum atomic E-state index is -4.28. The summed E-state index contributed by atoms with van der Waals surface area (Å²) >= 11 is 0. The van der Waals surface area contributed by atoms with Crippen molar-refractivity contribution in [2.75, 3.05) is 29.2 Å². The molecule has 38 heavy (non-hydrogen) atoms. The highest BCUT2D eigenvalue weighted by Crippen LogP contribution is 2.33. The monoisotopic (exact) mass is 543 g/mol. The summed E-state index contributed by atoms with van der Waals surface area (Å²) in [6.45, 7) is -1.28. The number of hydrogen-bond acceptors (Lipinski definition) is 7. The van der Waals surface area contributed by atoms with Crippen LogP contribution in [0.5, 0.6) is 5.75 Å². The van der Waals surface area contributed by atoms with Crippen molar-refractivity contribution < 1.29 is 31.1 Å². The van der Waals surface area contributed by atoms with Gasteiger partial charge >= 0.3 is 0 Å². The number of halogens is 3. The van der Waals surface area contributed by atoms with E-state index in [9.17, 15) is 27.3 Å². The molecule has 13 heteroatoms. The largest absolute Gasteiger partial charge is 0.497 e. The van der Waals surface area contributed by atoms with Crippen molar-refractivity contribution in [1.82, 2.24) is 4.98 Å². The summed E-state index contributed by atoms with van der Waals surface area (Å²) in [5.74, 6) is -3.88. The van der Waals surface area contributed by atoms with Crippen LogP contribution in [-0.2, 0) is 16.6 Å². The second-order valence-corrected chi connectivity index (χ2v) is 9.75. The number of rotatable bonds is 10. The molecule has 0 aliphatic rings. The zero-order valence-corrected chi connectivity index (χ0v) is 20.7. The molecule has 0 radical (unpaired) electrons. The molecule has 2 aromatic carbocycles. The van der Waals surface area contributed by atoms with Crippen LogP contribution in [0.1, 0.15) is 33.6 Å². The lowest BCUT2D eigenvalue weighted by molar-refractivity contribution is 0.102. The molecular weight excluding hydrogens is 523 g/mol. The lowest BCUT2D eigenvalue weighted by Gasteiger charge is -2.26. The standard InChI is InChI=1S/C25H20F3N5O4S/c1-37-18-6-3-16(4-7-18)15-33(38(35,36)12-2-10-26)21-8-5-17(13-29)24(23(21)28)32-25(34)19-9-11-31-20(14-30)22(19)27/h3-9,11H,2,10,12,15H2,1H3,(H,32,34). The highest BCUT2D eigenvalue weighted by Gasteiger charge is 2.29. The van der Waals surface area contributed by atoms with Crippen molar-refractivity contribution in [3.8, 4) is 17.9 Å². The van der Waals surface area contributed by atoms with Gasteiger partial charge in [0, 0.05) is 6.20 Å². The first-order valence-electron chi connectivity index (χ1n) is 10.9. The van der Waals surface area contributed by atoms with Gasteiger partial charge in [-0.2, -0.15) is 10.5 Å². The summed E-state index contributed by atoms with van der Waals surface area (Å²) in [7, 11) is -2.84. The van der Waals surface area contributed by atoms with Crippen molar-refractivity contribution in [3.63, 3.8) is 0 Å². The number of nitriles is 2. The summed E-state index contributed by atoms with van der Waals surface area (Å²) in [6, 6.07) is 12.5. The Balaban J connectivity index is 2.10. The van der Waals surface area contributed by atoms with Gasteiger partial charge in [0.15, 0.2) is 17.3 Å². The number of amides is 1. The molecule has 1 aromatic heterocycles. The Morgan fingerprint density at radius 3 is 2.39 bits per heavy atom. The molecule has 3 aromatic rings. The van der Waals surface area contributed by atoms with Crippen LogP contribution in [0.15, 0.2) is 48.7 Å². The number of pyridine rings is 1. The molecule has 0 aliphatic carbocycles. The maximum atomic E-state index is 15.8. The van der Waals surface area contributed by atoms with Crippen LogP contribution in [-0.4, -0.2) is 38.8 Å². The number of nitrogens with zero attached hydrogens (tertiary/aromatic N) is 4. The average molecular weight is 544 g/mol. The number of ether oxygens (including phenoxy) is 1. The first kappa shape index (κ1) is 28.0. The van der Waals surface area contributed by atoms with E-state index in [0.717, 1.165) is 24.4 Å². The normalized spacial score (nSPS) is 10.8. The molecule has 0 fully saturated rings. The number of alkyl halides is 1. The first-order valence-corrected chi connectivity index (χ1v) is 12.6.